The van der Waals surface area contributed by atoms with Crippen LogP contribution < -0.4 is 0 Å². The van der Waals surface area contributed by atoms with Crippen LogP contribution >= 0.6 is 11.6 Å². The van der Waals surface area contributed by atoms with E-state index in [0.717, 1.165) is 18.5 Å². The molecule has 2 rings (SSSR count). The van der Waals surface area contributed by atoms with Crippen LogP contribution in [-0.4, -0.2) is 28.6 Å². The monoisotopic (exact) mass is 278 g/mol. The number of benzene rings is 1. The third-order valence-electron chi connectivity index (χ3n) is 3.61. The van der Waals surface area contributed by atoms with E-state index in [1.807, 2.05) is 17.9 Å². The highest BCUT2D eigenvalue weighted by Crippen LogP contribution is 2.28. The van der Waals surface area contributed by atoms with Crippen molar-refractivity contribution in [1.82, 2.24) is 4.90 Å². The van der Waals surface area contributed by atoms with E-state index in [9.17, 15) is 9.90 Å². The normalized spacial score (nSPS) is 23.2. The second-order valence-electron chi connectivity index (χ2n) is 4.94. The molecule has 2 unspecified atom stereocenters. The highest BCUT2D eigenvalue weighted by molar-refractivity contribution is 6.31. The molecule has 19 heavy (non-hydrogen) atoms. The number of aliphatic carboxylic acids is 1. The van der Waals surface area contributed by atoms with Crippen molar-refractivity contribution in [2.75, 3.05) is 6.54 Å². The molecule has 0 amide bonds. The molecule has 0 radical (unpaired) electrons. The largest absolute Gasteiger partial charge is 0.480 e. The number of carboxylic acids is 1. The lowest BCUT2D eigenvalue weighted by molar-refractivity contribution is -0.143. The Bertz CT molecular complexity index is 539. The first-order valence-corrected chi connectivity index (χ1v) is 6.56. The predicted molar refractivity (Wildman–Crippen MR) is 71.8 cm³/mol. The Hall–Kier alpha value is -1.57. The molecular formula is C14H15ClN2O2. The number of carboxylic acid groups (broad SMARTS) is 1. The van der Waals surface area contributed by atoms with Crippen LogP contribution in [0.25, 0.3) is 0 Å². The molecule has 100 valence electrons. The smallest absolute Gasteiger partial charge is 0.321 e. The lowest BCUT2D eigenvalue weighted by Crippen LogP contribution is -2.38. The highest BCUT2D eigenvalue weighted by Gasteiger charge is 2.36. The fraction of sp³-hybridized carbons (Fsp3) is 0.429. The number of hydrogen-bond donors (Lipinski definition) is 1. The summed E-state index contributed by atoms with van der Waals surface area (Å²) in [7, 11) is 0. The van der Waals surface area contributed by atoms with Crippen molar-refractivity contribution in [3.8, 4) is 6.07 Å². The van der Waals surface area contributed by atoms with E-state index in [4.69, 9.17) is 16.9 Å². The lowest BCUT2D eigenvalue weighted by Gasteiger charge is -2.23. The van der Waals surface area contributed by atoms with Gasteiger partial charge < -0.3 is 5.11 Å². The van der Waals surface area contributed by atoms with E-state index in [-0.39, 0.29) is 5.92 Å². The quantitative estimate of drug-likeness (QED) is 0.923. The van der Waals surface area contributed by atoms with Gasteiger partial charge in [0.05, 0.1) is 11.6 Å². The van der Waals surface area contributed by atoms with Crippen molar-refractivity contribution in [2.45, 2.75) is 25.9 Å². The molecule has 1 aromatic carbocycles. The van der Waals surface area contributed by atoms with Crippen molar-refractivity contribution < 1.29 is 9.90 Å². The summed E-state index contributed by atoms with van der Waals surface area (Å²) >= 11 is 6.13. The first-order valence-electron chi connectivity index (χ1n) is 6.18. The molecule has 1 fully saturated rings. The van der Waals surface area contributed by atoms with E-state index in [1.54, 1.807) is 18.2 Å². The van der Waals surface area contributed by atoms with Gasteiger partial charge in [0.25, 0.3) is 0 Å². The van der Waals surface area contributed by atoms with Gasteiger partial charge in [-0.05, 0) is 36.6 Å². The minimum absolute atomic E-state index is 0.148. The summed E-state index contributed by atoms with van der Waals surface area (Å²) < 4.78 is 0. The number of halogens is 1. The van der Waals surface area contributed by atoms with Crippen LogP contribution in [-0.2, 0) is 11.3 Å². The molecule has 5 heteroatoms. The Morgan fingerprint density at radius 2 is 2.37 bits per heavy atom. The first kappa shape index (κ1) is 13.9. The Morgan fingerprint density at radius 1 is 1.63 bits per heavy atom. The number of carbonyl (C=O) groups is 1. The number of nitrogens with zero attached hydrogens (tertiary/aromatic N) is 2. The predicted octanol–water partition coefficient (Wildman–Crippen LogP) is 2.51. The van der Waals surface area contributed by atoms with Crippen LogP contribution in [0.1, 0.15) is 24.5 Å². The molecule has 1 heterocycles. The number of nitriles is 1. The maximum absolute atomic E-state index is 11.3. The average Bonchev–Trinajstić information content (AvgIpc) is 2.73. The van der Waals surface area contributed by atoms with E-state index >= 15 is 0 Å². The van der Waals surface area contributed by atoms with Crippen LogP contribution in [0.15, 0.2) is 18.2 Å². The molecule has 0 spiro atoms. The lowest BCUT2D eigenvalue weighted by atomic mass is 10.0. The maximum Gasteiger partial charge on any atom is 0.321 e. The van der Waals surface area contributed by atoms with E-state index in [1.165, 1.54) is 0 Å². The SMILES string of the molecule is CC1CCN(Cc2ccc(C#N)cc2Cl)C1C(=O)O. The molecule has 4 nitrogen and oxygen atoms in total. The Morgan fingerprint density at radius 3 is 2.95 bits per heavy atom. The van der Waals surface area contributed by atoms with Gasteiger partial charge in [0.15, 0.2) is 0 Å². The van der Waals surface area contributed by atoms with Gasteiger partial charge in [-0.1, -0.05) is 24.6 Å². The Balaban J connectivity index is 2.17. The van der Waals surface area contributed by atoms with Crippen LogP contribution in [0.5, 0.6) is 0 Å². The Kier molecular flexibility index (Phi) is 4.08. The summed E-state index contributed by atoms with van der Waals surface area (Å²) in [6.07, 6.45) is 0.880. The van der Waals surface area contributed by atoms with Gasteiger partial charge in [-0.2, -0.15) is 5.26 Å². The zero-order valence-corrected chi connectivity index (χ0v) is 11.4. The summed E-state index contributed by atoms with van der Waals surface area (Å²) in [6, 6.07) is 6.69. The van der Waals surface area contributed by atoms with Gasteiger partial charge >= 0.3 is 5.97 Å². The topological polar surface area (TPSA) is 64.3 Å². The van der Waals surface area contributed by atoms with Gasteiger partial charge in [0, 0.05) is 11.6 Å². The van der Waals surface area contributed by atoms with Crippen molar-refractivity contribution in [3.05, 3.63) is 34.3 Å². The summed E-state index contributed by atoms with van der Waals surface area (Å²) in [5.74, 6) is -0.635. The van der Waals surface area contributed by atoms with Crippen molar-refractivity contribution >= 4 is 17.6 Å². The number of likely N-dealkylation sites (tertiary alicyclic amines) is 1. The fourth-order valence-electron chi connectivity index (χ4n) is 2.57. The molecule has 2 atom stereocenters. The molecule has 0 bridgehead atoms. The second-order valence-corrected chi connectivity index (χ2v) is 5.34. The van der Waals surface area contributed by atoms with Crippen molar-refractivity contribution in [2.24, 2.45) is 5.92 Å². The maximum atomic E-state index is 11.3. The van der Waals surface area contributed by atoms with E-state index in [0.29, 0.717) is 17.1 Å². The summed E-state index contributed by atoms with van der Waals surface area (Å²) in [5, 5.41) is 18.6. The third kappa shape index (κ3) is 2.89. The van der Waals surface area contributed by atoms with Crippen molar-refractivity contribution in [1.29, 1.82) is 5.26 Å². The Labute approximate surface area is 117 Å². The molecule has 1 N–H and O–H groups in total. The summed E-state index contributed by atoms with van der Waals surface area (Å²) in [4.78, 5) is 13.2. The zero-order chi connectivity index (χ0) is 14.0. The fourth-order valence-corrected chi connectivity index (χ4v) is 2.81. The molecule has 1 aliphatic rings. The van der Waals surface area contributed by atoms with Crippen LogP contribution in [0.4, 0.5) is 0 Å². The number of rotatable bonds is 3. The van der Waals surface area contributed by atoms with Crippen LogP contribution in [0, 0.1) is 17.2 Å². The summed E-state index contributed by atoms with van der Waals surface area (Å²) in [6.45, 7) is 3.22. The molecular weight excluding hydrogens is 264 g/mol. The van der Waals surface area contributed by atoms with Crippen molar-refractivity contribution in [3.63, 3.8) is 0 Å². The van der Waals surface area contributed by atoms with Gasteiger partial charge in [-0.25, -0.2) is 0 Å². The molecule has 0 aliphatic carbocycles. The highest BCUT2D eigenvalue weighted by atomic mass is 35.5. The average molecular weight is 279 g/mol. The minimum atomic E-state index is -0.783. The van der Waals surface area contributed by atoms with Crippen LogP contribution in [0.2, 0.25) is 5.02 Å². The number of hydrogen-bond acceptors (Lipinski definition) is 3. The van der Waals surface area contributed by atoms with Gasteiger partial charge in [0.2, 0.25) is 0 Å². The van der Waals surface area contributed by atoms with E-state index in [2.05, 4.69) is 0 Å². The minimum Gasteiger partial charge on any atom is -0.480 e. The molecule has 0 saturated carbocycles. The first-order chi connectivity index (χ1) is 9.02. The second kappa shape index (κ2) is 5.60. The molecule has 1 aliphatic heterocycles. The standard InChI is InChI=1S/C14H15ClN2O2/c1-9-4-5-17(13(9)14(18)19)8-11-3-2-10(7-16)6-12(11)15/h2-3,6,9,13H,4-5,8H2,1H3,(H,18,19). The van der Waals surface area contributed by atoms with Crippen LogP contribution in [0.3, 0.4) is 0 Å². The molecule has 0 aromatic heterocycles. The zero-order valence-electron chi connectivity index (χ0n) is 10.6. The van der Waals surface area contributed by atoms with Gasteiger partial charge in [-0.15, -0.1) is 0 Å². The van der Waals surface area contributed by atoms with Gasteiger partial charge in [-0.3, -0.25) is 9.69 Å². The van der Waals surface area contributed by atoms with Gasteiger partial charge in [0.1, 0.15) is 6.04 Å². The third-order valence-corrected chi connectivity index (χ3v) is 3.96. The molecule has 1 aromatic rings. The van der Waals surface area contributed by atoms with E-state index < -0.39 is 12.0 Å². The molecule has 1 saturated heterocycles. The summed E-state index contributed by atoms with van der Waals surface area (Å²) in [5.41, 5.74) is 1.37.